The summed E-state index contributed by atoms with van der Waals surface area (Å²) >= 11 is 2.48. The summed E-state index contributed by atoms with van der Waals surface area (Å²) in [5.74, 6) is 0. The van der Waals surface area contributed by atoms with Gasteiger partial charge in [-0.05, 0) is 39.8 Å². The van der Waals surface area contributed by atoms with E-state index < -0.39 is 0 Å². The summed E-state index contributed by atoms with van der Waals surface area (Å²) in [7, 11) is 4.31. The van der Waals surface area contributed by atoms with Gasteiger partial charge in [0, 0.05) is 9.97 Å². The first kappa shape index (κ1) is 12.7. The summed E-state index contributed by atoms with van der Waals surface area (Å²) in [5.41, 5.74) is 0.767. The van der Waals surface area contributed by atoms with Crippen molar-refractivity contribution >= 4 is 22.6 Å². The molecule has 0 N–H and O–H groups in total. The third kappa shape index (κ3) is 4.08. The Morgan fingerprint density at radius 1 is 1.08 bits per heavy atom. The van der Waals surface area contributed by atoms with Crippen LogP contribution in [0.4, 0.5) is 0 Å². The molecule has 0 saturated heterocycles. The van der Waals surface area contributed by atoms with Crippen LogP contribution in [0, 0.1) is 5.41 Å². The fourth-order valence-electron chi connectivity index (χ4n) is 1.38. The van der Waals surface area contributed by atoms with Crippen LogP contribution < -0.4 is 0 Å². The zero-order valence-corrected chi connectivity index (χ0v) is 11.4. The van der Waals surface area contributed by atoms with E-state index in [-0.39, 0.29) is 0 Å². The maximum absolute atomic E-state index is 2.48. The lowest BCUT2D eigenvalue weighted by atomic mass is 9.81. The average Bonchev–Trinajstić information content (AvgIpc) is 1.85. The monoisotopic (exact) mass is 283 g/mol. The van der Waals surface area contributed by atoms with E-state index in [1.165, 1.54) is 10.8 Å². The molecule has 0 radical (unpaired) electrons. The molecule has 2 heteroatoms. The van der Waals surface area contributed by atoms with E-state index in [4.69, 9.17) is 0 Å². The highest BCUT2D eigenvalue weighted by molar-refractivity contribution is 14.1. The van der Waals surface area contributed by atoms with Crippen molar-refractivity contribution in [3.05, 3.63) is 0 Å². The highest BCUT2D eigenvalue weighted by atomic mass is 127. The van der Waals surface area contributed by atoms with Crippen molar-refractivity contribution in [2.45, 2.75) is 39.7 Å². The van der Waals surface area contributed by atoms with E-state index in [1.807, 2.05) is 0 Å². The van der Waals surface area contributed by atoms with Gasteiger partial charge in [0.25, 0.3) is 0 Å². The molecule has 0 rings (SSSR count). The lowest BCUT2D eigenvalue weighted by molar-refractivity contribution is 0.133. The summed E-state index contributed by atoms with van der Waals surface area (Å²) in [5, 5.41) is 0. The Hall–Kier alpha value is 0.690. The molecule has 0 heterocycles. The summed E-state index contributed by atoms with van der Waals surface area (Å²) < 4.78 is 1.22. The predicted molar refractivity (Wildman–Crippen MR) is 65.1 cm³/mol. The maximum atomic E-state index is 2.48. The lowest BCUT2D eigenvalue weighted by Crippen LogP contribution is -2.42. The predicted octanol–water partition coefficient (Wildman–Crippen LogP) is 3.18. The molecule has 12 heavy (non-hydrogen) atoms. The van der Waals surface area contributed by atoms with E-state index in [0.717, 1.165) is 0 Å². The van der Waals surface area contributed by atoms with Gasteiger partial charge in [-0.3, -0.25) is 0 Å². The van der Waals surface area contributed by atoms with Gasteiger partial charge >= 0.3 is 0 Å². The Bertz CT molecular complexity index is 139. The minimum Gasteiger partial charge on any atom is -0.304 e. The fourth-order valence-corrected chi connectivity index (χ4v) is 1.65. The van der Waals surface area contributed by atoms with Crippen LogP contribution in [0.2, 0.25) is 0 Å². The highest BCUT2D eigenvalue weighted by Gasteiger charge is 2.29. The quantitative estimate of drug-likeness (QED) is 0.566. The maximum Gasteiger partial charge on any atom is 0.0152 e. The number of hydrogen-bond donors (Lipinski definition) is 0. The van der Waals surface area contributed by atoms with E-state index in [9.17, 15) is 0 Å². The summed E-state index contributed by atoms with van der Waals surface area (Å²) in [4.78, 5) is 2.31. The molecule has 0 aliphatic heterocycles. The summed E-state index contributed by atoms with van der Waals surface area (Å²) in [6.07, 6.45) is 1.25. The second-order valence-corrected chi connectivity index (χ2v) is 5.94. The second kappa shape index (κ2) is 4.27. The van der Waals surface area contributed by atoms with Gasteiger partial charge in [-0.2, -0.15) is 0 Å². The van der Waals surface area contributed by atoms with E-state index in [1.54, 1.807) is 0 Å². The number of halogens is 1. The van der Waals surface area contributed by atoms with Gasteiger partial charge in [-0.25, -0.2) is 0 Å². The molecule has 0 aromatic heterocycles. The van der Waals surface area contributed by atoms with Crippen LogP contribution in [0.5, 0.6) is 0 Å². The number of rotatable bonds is 4. The molecule has 0 aromatic carbocycles. The van der Waals surface area contributed by atoms with Crippen molar-refractivity contribution in [2.24, 2.45) is 5.41 Å². The van der Waals surface area contributed by atoms with Crippen molar-refractivity contribution < 1.29 is 0 Å². The molecule has 1 nitrogen and oxygen atoms in total. The van der Waals surface area contributed by atoms with Crippen LogP contribution in [0.3, 0.4) is 0 Å². The summed E-state index contributed by atoms with van der Waals surface area (Å²) in [6.45, 7) is 9.29. The van der Waals surface area contributed by atoms with Crippen LogP contribution >= 0.6 is 22.6 Å². The Kier molecular flexibility index (Phi) is 4.51. The van der Waals surface area contributed by atoms with E-state index >= 15 is 0 Å². The number of hydrogen-bond acceptors (Lipinski definition) is 1. The van der Waals surface area contributed by atoms with E-state index in [0.29, 0.717) is 11.0 Å². The SMILES string of the molecule is CN(C)C(C)(C)CC(C)(C)CI. The zero-order chi connectivity index (χ0) is 9.99. The minimum atomic E-state index is 0.314. The molecule has 0 atom stereocenters. The van der Waals surface area contributed by atoms with Crippen molar-refractivity contribution in [1.29, 1.82) is 0 Å². The first-order valence-corrected chi connectivity index (χ1v) is 5.97. The minimum absolute atomic E-state index is 0.314. The van der Waals surface area contributed by atoms with Crippen LogP contribution in [0.1, 0.15) is 34.1 Å². The molecule has 0 spiro atoms. The van der Waals surface area contributed by atoms with Crippen molar-refractivity contribution in [3.63, 3.8) is 0 Å². The fraction of sp³-hybridized carbons (Fsp3) is 1.00. The third-order valence-corrected chi connectivity index (χ3v) is 4.55. The van der Waals surface area contributed by atoms with Crippen molar-refractivity contribution in [2.75, 3.05) is 18.5 Å². The first-order valence-electron chi connectivity index (χ1n) is 4.45. The molecule has 0 unspecified atom stereocenters. The van der Waals surface area contributed by atoms with Gasteiger partial charge < -0.3 is 4.90 Å². The Balaban J connectivity index is 4.23. The Labute approximate surface area is 91.0 Å². The van der Waals surface area contributed by atoms with Gasteiger partial charge in [-0.15, -0.1) is 0 Å². The zero-order valence-electron chi connectivity index (χ0n) is 9.24. The second-order valence-electron chi connectivity index (χ2n) is 5.18. The average molecular weight is 283 g/mol. The Morgan fingerprint density at radius 3 is 1.75 bits per heavy atom. The largest absolute Gasteiger partial charge is 0.304 e. The molecule has 0 fully saturated rings. The highest BCUT2D eigenvalue weighted by Crippen LogP contribution is 2.31. The van der Waals surface area contributed by atoms with Gasteiger partial charge in [0.05, 0.1) is 0 Å². The molecular formula is C10H22IN. The smallest absolute Gasteiger partial charge is 0.0152 e. The standard InChI is InChI=1S/C10H22IN/c1-9(2,8-11)7-10(3,4)12(5)6/h7-8H2,1-6H3. The third-order valence-electron chi connectivity index (χ3n) is 2.48. The molecule has 0 aromatic rings. The molecule has 74 valence electrons. The van der Waals surface area contributed by atoms with Crippen LogP contribution in [-0.4, -0.2) is 29.0 Å². The first-order chi connectivity index (χ1) is 5.21. The van der Waals surface area contributed by atoms with Crippen molar-refractivity contribution in [1.82, 2.24) is 4.90 Å². The molecule has 0 amide bonds. The van der Waals surface area contributed by atoms with E-state index in [2.05, 4.69) is 69.3 Å². The Morgan fingerprint density at radius 2 is 1.50 bits per heavy atom. The molecule has 0 aliphatic rings. The molecule has 0 saturated carbocycles. The van der Waals surface area contributed by atoms with Crippen LogP contribution in [-0.2, 0) is 0 Å². The lowest BCUT2D eigenvalue weighted by Gasteiger charge is -2.39. The van der Waals surface area contributed by atoms with Crippen LogP contribution in [0.15, 0.2) is 0 Å². The van der Waals surface area contributed by atoms with Crippen molar-refractivity contribution in [3.8, 4) is 0 Å². The number of nitrogens with zero attached hydrogens (tertiary/aromatic N) is 1. The van der Waals surface area contributed by atoms with Gasteiger partial charge in [0.2, 0.25) is 0 Å². The molecule has 0 bridgehead atoms. The van der Waals surface area contributed by atoms with Crippen LogP contribution in [0.25, 0.3) is 0 Å². The normalized spacial score (nSPS) is 14.0. The topological polar surface area (TPSA) is 3.24 Å². The molecular weight excluding hydrogens is 261 g/mol. The number of alkyl halides is 1. The molecule has 0 aliphatic carbocycles. The van der Waals surface area contributed by atoms with Gasteiger partial charge in [-0.1, -0.05) is 36.4 Å². The summed E-state index contributed by atoms with van der Waals surface area (Å²) in [6, 6.07) is 0. The van der Waals surface area contributed by atoms with Gasteiger partial charge in [0.1, 0.15) is 0 Å². The van der Waals surface area contributed by atoms with Gasteiger partial charge in [0.15, 0.2) is 0 Å².